The molecule has 14 heavy (non-hydrogen) atoms. The van der Waals surface area contributed by atoms with Crippen molar-refractivity contribution in [2.75, 3.05) is 18.0 Å². The van der Waals surface area contributed by atoms with E-state index in [2.05, 4.69) is 4.90 Å². The summed E-state index contributed by atoms with van der Waals surface area (Å²) in [7, 11) is 0. The largest absolute Gasteiger partial charge is 0.358 e. The van der Waals surface area contributed by atoms with Crippen molar-refractivity contribution < 1.29 is 4.92 Å². The zero-order chi connectivity index (χ0) is 9.97. The first kappa shape index (κ1) is 9.45. The van der Waals surface area contributed by atoms with Crippen LogP contribution in [0.1, 0.15) is 19.3 Å². The predicted octanol–water partition coefficient (Wildman–Crippen LogP) is 2.65. The Hall–Kier alpha value is -1.10. The number of rotatable bonds is 2. The van der Waals surface area contributed by atoms with Crippen molar-refractivity contribution in [2.45, 2.75) is 19.3 Å². The van der Waals surface area contributed by atoms with Gasteiger partial charge in [-0.25, -0.2) is 0 Å². The topological polar surface area (TPSA) is 46.4 Å². The van der Waals surface area contributed by atoms with E-state index in [0.29, 0.717) is 0 Å². The minimum atomic E-state index is -0.291. The number of thiophene rings is 1. The summed E-state index contributed by atoms with van der Waals surface area (Å²) >= 11 is 1.47. The van der Waals surface area contributed by atoms with E-state index >= 15 is 0 Å². The molecule has 0 atom stereocenters. The molecular weight excluding hydrogens is 200 g/mol. The third kappa shape index (κ3) is 1.72. The van der Waals surface area contributed by atoms with Crippen molar-refractivity contribution in [1.82, 2.24) is 0 Å². The highest BCUT2D eigenvalue weighted by Gasteiger charge is 2.22. The monoisotopic (exact) mass is 212 g/mol. The van der Waals surface area contributed by atoms with Crippen molar-refractivity contribution in [3.63, 3.8) is 0 Å². The minimum Gasteiger partial charge on any atom is -0.358 e. The average Bonchev–Trinajstić information content (AvgIpc) is 2.67. The van der Waals surface area contributed by atoms with E-state index in [1.165, 1.54) is 17.8 Å². The molecule has 1 saturated heterocycles. The fraction of sp³-hybridized carbons (Fsp3) is 0.556. The second kappa shape index (κ2) is 3.96. The average molecular weight is 212 g/mol. The van der Waals surface area contributed by atoms with Crippen LogP contribution in [0.4, 0.5) is 10.7 Å². The lowest BCUT2D eigenvalue weighted by molar-refractivity contribution is -0.383. The molecule has 0 unspecified atom stereocenters. The molecule has 0 radical (unpaired) electrons. The van der Waals surface area contributed by atoms with E-state index in [1.807, 2.05) is 0 Å². The van der Waals surface area contributed by atoms with Gasteiger partial charge in [-0.05, 0) is 24.6 Å². The highest BCUT2D eigenvalue weighted by atomic mass is 32.1. The number of piperidine rings is 1. The van der Waals surface area contributed by atoms with Gasteiger partial charge in [0.15, 0.2) is 5.00 Å². The van der Waals surface area contributed by atoms with Crippen LogP contribution in [-0.2, 0) is 0 Å². The van der Waals surface area contributed by atoms with Gasteiger partial charge < -0.3 is 4.90 Å². The van der Waals surface area contributed by atoms with Gasteiger partial charge in [0, 0.05) is 19.2 Å². The van der Waals surface area contributed by atoms with Crippen LogP contribution in [0.2, 0.25) is 0 Å². The van der Waals surface area contributed by atoms with Gasteiger partial charge >= 0.3 is 5.69 Å². The summed E-state index contributed by atoms with van der Waals surface area (Å²) < 4.78 is 0. The van der Waals surface area contributed by atoms with Crippen molar-refractivity contribution >= 4 is 22.0 Å². The highest BCUT2D eigenvalue weighted by molar-refractivity contribution is 7.14. The lowest BCUT2D eigenvalue weighted by Crippen LogP contribution is -2.29. The Labute approximate surface area is 86.3 Å². The number of nitro groups is 1. The van der Waals surface area contributed by atoms with Gasteiger partial charge in [-0.1, -0.05) is 0 Å². The van der Waals surface area contributed by atoms with Crippen molar-refractivity contribution in [3.8, 4) is 0 Å². The summed E-state index contributed by atoms with van der Waals surface area (Å²) in [6.07, 6.45) is 3.54. The second-order valence-electron chi connectivity index (χ2n) is 3.42. The Morgan fingerprint density at radius 3 is 2.71 bits per heavy atom. The van der Waals surface area contributed by atoms with Gasteiger partial charge in [0.2, 0.25) is 0 Å². The second-order valence-corrected chi connectivity index (χ2v) is 4.31. The molecule has 4 nitrogen and oxygen atoms in total. The summed E-state index contributed by atoms with van der Waals surface area (Å²) in [4.78, 5) is 12.6. The number of hydrogen-bond donors (Lipinski definition) is 0. The van der Waals surface area contributed by atoms with Gasteiger partial charge in [0.05, 0.1) is 4.92 Å². The van der Waals surface area contributed by atoms with Crippen LogP contribution < -0.4 is 4.90 Å². The molecule has 0 amide bonds. The van der Waals surface area contributed by atoms with E-state index in [-0.39, 0.29) is 10.6 Å². The van der Waals surface area contributed by atoms with E-state index in [4.69, 9.17) is 0 Å². The summed E-state index contributed by atoms with van der Waals surface area (Å²) in [6, 6.07) is 1.59. The Balaban J connectivity index is 2.21. The lowest BCUT2D eigenvalue weighted by atomic mass is 10.1. The van der Waals surface area contributed by atoms with E-state index < -0.39 is 0 Å². The first-order valence-electron chi connectivity index (χ1n) is 4.76. The van der Waals surface area contributed by atoms with E-state index in [9.17, 15) is 10.1 Å². The molecule has 1 aliphatic rings. The van der Waals surface area contributed by atoms with Crippen LogP contribution in [-0.4, -0.2) is 18.0 Å². The zero-order valence-electron chi connectivity index (χ0n) is 7.81. The Morgan fingerprint density at radius 1 is 1.36 bits per heavy atom. The highest BCUT2D eigenvalue weighted by Crippen LogP contribution is 2.35. The van der Waals surface area contributed by atoms with Crippen molar-refractivity contribution in [3.05, 3.63) is 21.6 Å². The predicted molar refractivity (Wildman–Crippen MR) is 57.0 cm³/mol. The SMILES string of the molecule is O=[N+]([O-])c1ccsc1N1CCCCC1. The first-order chi connectivity index (χ1) is 6.79. The smallest absolute Gasteiger partial charge is 0.303 e. The van der Waals surface area contributed by atoms with E-state index in [1.54, 1.807) is 11.4 Å². The van der Waals surface area contributed by atoms with Crippen LogP contribution >= 0.6 is 11.3 Å². The molecule has 1 fully saturated rings. The summed E-state index contributed by atoms with van der Waals surface area (Å²) in [5.41, 5.74) is 0.261. The van der Waals surface area contributed by atoms with Gasteiger partial charge in [-0.3, -0.25) is 10.1 Å². The molecule has 2 rings (SSSR count). The molecule has 0 spiro atoms. The Kier molecular flexibility index (Phi) is 2.67. The number of nitrogens with zero attached hydrogens (tertiary/aromatic N) is 2. The fourth-order valence-corrected chi connectivity index (χ4v) is 2.69. The maximum Gasteiger partial charge on any atom is 0.303 e. The molecule has 0 aliphatic carbocycles. The molecular formula is C9H12N2O2S. The normalized spacial score (nSPS) is 17.0. The Bertz CT molecular complexity index is 331. The van der Waals surface area contributed by atoms with Crippen LogP contribution in [0.3, 0.4) is 0 Å². The molecule has 0 bridgehead atoms. The number of hydrogen-bond acceptors (Lipinski definition) is 4. The Morgan fingerprint density at radius 2 is 2.07 bits per heavy atom. The summed E-state index contributed by atoms with van der Waals surface area (Å²) in [5.74, 6) is 0. The standard InChI is InChI=1S/C9H12N2O2S/c12-11(13)8-4-7-14-9(8)10-5-2-1-3-6-10/h4,7H,1-3,5-6H2. The first-order valence-corrected chi connectivity index (χ1v) is 5.64. The maximum atomic E-state index is 10.7. The third-order valence-electron chi connectivity index (χ3n) is 2.46. The zero-order valence-corrected chi connectivity index (χ0v) is 8.63. The molecule has 0 saturated carbocycles. The molecule has 1 aliphatic heterocycles. The van der Waals surface area contributed by atoms with Crippen LogP contribution in [0.15, 0.2) is 11.4 Å². The molecule has 1 aromatic heterocycles. The fourth-order valence-electron chi connectivity index (χ4n) is 1.77. The van der Waals surface area contributed by atoms with Crippen LogP contribution in [0.5, 0.6) is 0 Å². The molecule has 76 valence electrons. The van der Waals surface area contributed by atoms with Crippen molar-refractivity contribution in [1.29, 1.82) is 0 Å². The maximum absolute atomic E-state index is 10.7. The molecule has 1 aromatic rings. The summed E-state index contributed by atoms with van der Waals surface area (Å²) in [5, 5.41) is 13.3. The molecule has 0 N–H and O–H groups in total. The number of anilines is 1. The summed E-state index contributed by atoms with van der Waals surface area (Å²) in [6.45, 7) is 1.92. The molecule has 2 heterocycles. The van der Waals surface area contributed by atoms with Gasteiger partial charge in [0.25, 0.3) is 0 Å². The van der Waals surface area contributed by atoms with Gasteiger partial charge in [-0.15, -0.1) is 11.3 Å². The minimum absolute atomic E-state index is 0.261. The third-order valence-corrected chi connectivity index (χ3v) is 3.43. The van der Waals surface area contributed by atoms with Gasteiger partial charge in [-0.2, -0.15) is 0 Å². The lowest BCUT2D eigenvalue weighted by Gasteiger charge is -2.26. The van der Waals surface area contributed by atoms with Crippen LogP contribution in [0, 0.1) is 10.1 Å². The quantitative estimate of drug-likeness (QED) is 0.559. The molecule has 5 heteroatoms. The van der Waals surface area contributed by atoms with Gasteiger partial charge in [0.1, 0.15) is 0 Å². The van der Waals surface area contributed by atoms with E-state index in [0.717, 1.165) is 30.9 Å². The van der Waals surface area contributed by atoms with Crippen molar-refractivity contribution in [2.24, 2.45) is 0 Å². The van der Waals surface area contributed by atoms with Crippen LogP contribution in [0.25, 0.3) is 0 Å². The molecule has 0 aromatic carbocycles.